The van der Waals surface area contributed by atoms with Gasteiger partial charge < -0.3 is 10.5 Å². The van der Waals surface area contributed by atoms with Crippen LogP contribution in [0.2, 0.25) is 0 Å². The van der Waals surface area contributed by atoms with Gasteiger partial charge in [-0.15, -0.1) is 0 Å². The second-order valence-electron chi connectivity index (χ2n) is 4.56. The average Bonchev–Trinajstić information content (AvgIpc) is 2.45. The number of nitrogens with zero attached hydrogens (tertiary/aromatic N) is 2. The van der Waals surface area contributed by atoms with Crippen molar-refractivity contribution in [3.63, 3.8) is 0 Å². The van der Waals surface area contributed by atoms with Crippen LogP contribution < -0.4 is 5.73 Å². The van der Waals surface area contributed by atoms with Crippen molar-refractivity contribution in [2.24, 2.45) is 5.92 Å². The average molecular weight is 311 g/mol. The number of carbonyl (C=O) groups is 1. The number of nitriles is 1. The minimum absolute atomic E-state index is 0.0469. The van der Waals surface area contributed by atoms with Gasteiger partial charge in [0, 0.05) is 13.6 Å². The molecule has 114 valence electrons. The van der Waals surface area contributed by atoms with Gasteiger partial charge in [-0.25, -0.2) is 13.2 Å². The molecule has 2 N–H and O–H groups in total. The van der Waals surface area contributed by atoms with Crippen molar-refractivity contribution in [1.82, 2.24) is 4.31 Å². The van der Waals surface area contributed by atoms with Crippen LogP contribution in [0.5, 0.6) is 0 Å². The molecule has 0 fully saturated rings. The Morgan fingerprint density at radius 1 is 1.52 bits per heavy atom. The SMILES string of the molecule is COC(=O)c1ccc(S(=O)(=O)N(C)CC(C)C#N)c(N)c1. The van der Waals surface area contributed by atoms with Gasteiger partial charge in [0.15, 0.2) is 0 Å². The molecule has 0 radical (unpaired) electrons. The summed E-state index contributed by atoms with van der Waals surface area (Å²) in [6.07, 6.45) is 0. The minimum Gasteiger partial charge on any atom is -0.465 e. The van der Waals surface area contributed by atoms with E-state index >= 15 is 0 Å². The third kappa shape index (κ3) is 3.71. The third-order valence-electron chi connectivity index (χ3n) is 2.87. The maximum atomic E-state index is 12.4. The van der Waals surface area contributed by atoms with E-state index in [0.29, 0.717) is 0 Å². The van der Waals surface area contributed by atoms with Crippen LogP contribution in [-0.2, 0) is 14.8 Å². The number of nitrogen functional groups attached to an aromatic ring is 1. The molecule has 1 unspecified atom stereocenters. The van der Waals surface area contributed by atoms with Crippen molar-refractivity contribution in [2.45, 2.75) is 11.8 Å². The fourth-order valence-electron chi connectivity index (χ4n) is 1.72. The van der Waals surface area contributed by atoms with Gasteiger partial charge in [0.05, 0.1) is 30.3 Å². The minimum atomic E-state index is -3.82. The van der Waals surface area contributed by atoms with Gasteiger partial charge in [-0.05, 0) is 25.1 Å². The van der Waals surface area contributed by atoms with E-state index < -0.39 is 21.9 Å². The zero-order chi connectivity index (χ0) is 16.2. The Balaban J connectivity index is 3.15. The van der Waals surface area contributed by atoms with Gasteiger partial charge in [-0.3, -0.25) is 0 Å². The summed E-state index contributed by atoms with van der Waals surface area (Å²) in [4.78, 5) is 11.3. The summed E-state index contributed by atoms with van der Waals surface area (Å²) >= 11 is 0. The maximum absolute atomic E-state index is 12.4. The molecular weight excluding hydrogens is 294 g/mol. The van der Waals surface area contributed by atoms with Crippen molar-refractivity contribution in [3.05, 3.63) is 23.8 Å². The first-order valence-electron chi connectivity index (χ1n) is 6.07. The number of esters is 1. The molecule has 7 nitrogen and oxygen atoms in total. The number of hydrogen-bond acceptors (Lipinski definition) is 6. The highest BCUT2D eigenvalue weighted by molar-refractivity contribution is 7.89. The fourth-order valence-corrected chi connectivity index (χ4v) is 3.07. The molecule has 0 spiro atoms. The topological polar surface area (TPSA) is 113 Å². The number of sulfonamides is 1. The number of ether oxygens (including phenoxy) is 1. The highest BCUT2D eigenvalue weighted by atomic mass is 32.2. The van der Waals surface area contributed by atoms with Gasteiger partial charge in [-0.1, -0.05) is 0 Å². The van der Waals surface area contributed by atoms with Crippen LogP contribution in [0.25, 0.3) is 0 Å². The molecule has 0 aliphatic carbocycles. The predicted octanol–water partition coefficient (Wildman–Crippen LogP) is 0.836. The van der Waals surface area contributed by atoms with E-state index in [1.165, 1.54) is 32.4 Å². The third-order valence-corrected chi connectivity index (χ3v) is 4.77. The van der Waals surface area contributed by atoms with Crippen LogP contribution in [0.3, 0.4) is 0 Å². The highest BCUT2D eigenvalue weighted by Crippen LogP contribution is 2.23. The molecule has 0 saturated heterocycles. The zero-order valence-corrected chi connectivity index (χ0v) is 12.8. The molecule has 1 aromatic carbocycles. The molecule has 0 aromatic heterocycles. The van der Waals surface area contributed by atoms with Crippen LogP contribution in [0.15, 0.2) is 23.1 Å². The molecule has 0 bridgehead atoms. The molecule has 0 saturated carbocycles. The van der Waals surface area contributed by atoms with Crippen LogP contribution in [-0.4, -0.2) is 39.4 Å². The second kappa shape index (κ2) is 6.56. The second-order valence-corrected chi connectivity index (χ2v) is 6.57. The molecule has 21 heavy (non-hydrogen) atoms. The van der Waals surface area contributed by atoms with Crippen LogP contribution in [0.4, 0.5) is 5.69 Å². The normalized spacial score (nSPS) is 12.7. The molecule has 1 aromatic rings. The monoisotopic (exact) mass is 311 g/mol. The Kier molecular flexibility index (Phi) is 5.29. The number of carbonyl (C=O) groups excluding carboxylic acids is 1. The van der Waals surface area contributed by atoms with Crippen LogP contribution in [0.1, 0.15) is 17.3 Å². The van der Waals surface area contributed by atoms with Crippen LogP contribution >= 0.6 is 0 Å². The summed E-state index contributed by atoms with van der Waals surface area (Å²) in [5.74, 6) is -1.04. The fraction of sp³-hybridized carbons (Fsp3) is 0.385. The Labute approximate surface area is 124 Å². The number of methoxy groups -OCH3 is 1. The largest absolute Gasteiger partial charge is 0.465 e. The lowest BCUT2D eigenvalue weighted by molar-refractivity contribution is 0.0600. The molecule has 1 rings (SSSR count). The Morgan fingerprint density at radius 3 is 2.62 bits per heavy atom. The summed E-state index contributed by atoms with van der Waals surface area (Å²) in [7, 11) is -1.22. The molecule has 0 heterocycles. The van der Waals surface area contributed by atoms with E-state index in [2.05, 4.69) is 4.74 Å². The van der Waals surface area contributed by atoms with Crippen molar-refractivity contribution >= 4 is 21.7 Å². The number of anilines is 1. The number of nitrogens with two attached hydrogens (primary N) is 1. The highest BCUT2D eigenvalue weighted by Gasteiger charge is 2.25. The van der Waals surface area contributed by atoms with Crippen LogP contribution in [0, 0.1) is 17.2 Å². The number of rotatable bonds is 5. The Morgan fingerprint density at radius 2 is 2.14 bits per heavy atom. The summed E-state index contributed by atoms with van der Waals surface area (Å²) in [5.41, 5.74) is 5.84. The summed E-state index contributed by atoms with van der Waals surface area (Å²) < 4.78 is 30.4. The maximum Gasteiger partial charge on any atom is 0.337 e. The van der Waals surface area contributed by atoms with E-state index in [-0.39, 0.29) is 22.7 Å². The standard InChI is InChI=1S/C13H17N3O4S/c1-9(7-14)8-16(2)21(18,19)12-5-4-10(6-11(12)15)13(17)20-3/h4-6,9H,8,15H2,1-3H3. The van der Waals surface area contributed by atoms with Crippen molar-refractivity contribution in [1.29, 1.82) is 5.26 Å². The van der Waals surface area contributed by atoms with Gasteiger partial charge in [0.2, 0.25) is 10.0 Å². The van der Waals surface area contributed by atoms with E-state index in [9.17, 15) is 13.2 Å². The van der Waals surface area contributed by atoms with Gasteiger partial charge in [-0.2, -0.15) is 9.57 Å². The molecule has 0 aliphatic heterocycles. The lowest BCUT2D eigenvalue weighted by Gasteiger charge is -2.19. The Bertz CT molecular complexity index is 679. The Hall–Kier alpha value is -2.11. The van der Waals surface area contributed by atoms with Crippen molar-refractivity contribution in [3.8, 4) is 6.07 Å². The van der Waals surface area contributed by atoms with E-state index in [0.717, 1.165) is 4.31 Å². The number of benzene rings is 1. The first kappa shape index (κ1) is 16.9. The molecule has 0 aliphatic rings. The van der Waals surface area contributed by atoms with Gasteiger partial charge >= 0.3 is 5.97 Å². The van der Waals surface area contributed by atoms with Crippen molar-refractivity contribution < 1.29 is 17.9 Å². The van der Waals surface area contributed by atoms with Gasteiger partial charge in [0.1, 0.15) is 4.90 Å². The van der Waals surface area contributed by atoms with Crippen molar-refractivity contribution in [2.75, 3.05) is 26.4 Å². The zero-order valence-electron chi connectivity index (χ0n) is 12.0. The predicted molar refractivity (Wildman–Crippen MR) is 76.8 cm³/mol. The molecule has 8 heteroatoms. The quantitative estimate of drug-likeness (QED) is 0.636. The first-order valence-corrected chi connectivity index (χ1v) is 7.51. The smallest absolute Gasteiger partial charge is 0.337 e. The van der Waals surface area contributed by atoms with E-state index in [4.69, 9.17) is 11.0 Å². The number of hydrogen-bond donors (Lipinski definition) is 1. The lowest BCUT2D eigenvalue weighted by atomic mass is 10.2. The summed E-state index contributed by atoms with van der Waals surface area (Å²) in [6, 6.07) is 5.80. The van der Waals surface area contributed by atoms with E-state index in [1.54, 1.807) is 6.92 Å². The molecule has 1 atom stereocenters. The summed E-state index contributed by atoms with van der Waals surface area (Å²) in [5, 5.41) is 8.75. The van der Waals surface area contributed by atoms with E-state index in [1.807, 2.05) is 6.07 Å². The summed E-state index contributed by atoms with van der Waals surface area (Å²) in [6.45, 7) is 1.67. The molecule has 0 amide bonds. The molecular formula is C13H17N3O4S. The van der Waals surface area contributed by atoms with Gasteiger partial charge in [0.25, 0.3) is 0 Å². The lowest BCUT2D eigenvalue weighted by Crippen LogP contribution is -2.31. The first-order chi connectivity index (χ1) is 9.73.